The second-order valence-corrected chi connectivity index (χ2v) is 5.74. The van der Waals surface area contributed by atoms with Gasteiger partial charge in [0, 0.05) is 18.1 Å². The molecule has 4 nitrogen and oxygen atoms in total. The maximum absolute atomic E-state index is 12.7. The van der Waals surface area contributed by atoms with Crippen molar-refractivity contribution in [2.24, 2.45) is 0 Å². The van der Waals surface area contributed by atoms with Gasteiger partial charge >= 0.3 is 0 Å². The molecule has 1 amide bonds. The van der Waals surface area contributed by atoms with E-state index in [-0.39, 0.29) is 5.91 Å². The van der Waals surface area contributed by atoms with Gasteiger partial charge in [-0.2, -0.15) is 0 Å². The number of aryl methyl sites for hydroxylation is 2. The number of halogens is 1. The number of para-hydroxylation sites is 1. The van der Waals surface area contributed by atoms with Crippen molar-refractivity contribution in [1.29, 1.82) is 0 Å². The highest BCUT2D eigenvalue weighted by Gasteiger charge is 2.18. The van der Waals surface area contributed by atoms with Crippen molar-refractivity contribution >= 4 is 39.9 Å². The fourth-order valence-corrected chi connectivity index (χ4v) is 2.87. The molecule has 0 aliphatic carbocycles. The second kappa shape index (κ2) is 5.97. The smallest absolute Gasteiger partial charge is 0.259 e. The molecule has 0 saturated carbocycles. The Hall–Kier alpha value is -2.46. The quantitative estimate of drug-likeness (QED) is 0.711. The van der Waals surface area contributed by atoms with Crippen LogP contribution in [0, 0.1) is 13.8 Å². The molecular formula is C18H17ClN2O2. The first-order chi connectivity index (χ1) is 11.0. The van der Waals surface area contributed by atoms with Crippen LogP contribution in [0.5, 0.6) is 0 Å². The van der Waals surface area contributed by atoms with Gasteiger partial charge in [-0.05, 0) is 37.6 Å². The Bertz CT molecular complexity index is 899. The summed E-state index contributed by atoms with van der Waals surface area (Å²) in [5, 5.41) is 7.28. The van der Waals surface area contributed by atoms with E-state index in [1.54, 1.807) is 19.2 Å². The molecule has 3 rings (SSSR count). The first-order valence-electron chi connectivity index (χ1n) is 7.29. The number of hydrogen-bond donors (Lipinski definition) is 2. The molecule has 0 fully saturated rings. The van der Waals surface area contributed by atoms with Crippen molar-refractivity contribution in [3.05, 3.63) is 58.3 Å². The molecule has 3 aromatic rings. The zero-order chi connectivity index (χ0) is 16.6. The molecule has 1 heterocycles. The standard InChI is InChI=1S/C18H17ClN2O2/c1-10-11(2)23-17-12(10)6-4-9-15(17)21-18(22)16-13(19)7-5-8-14(16)20-3/h4-9,20H,1-3H3,(H,21,22). The number of hydrogen-bond acceptors (Lipinski definition) is 3. The number of rotatable bonds is 3. The van der Waals surface area contributed by atoms with Gasteiger partial charge in [-0.3, -0.25) is 4.79 Å². The van der Waals surface area contributed by atoms with Crippen LogP contribution in [-0.2, 0) is 0 Å². The normalized spacial score (nSPS) is 10.8. The molecule has 0 radical (unpaired) electrons. The number of benzene rings is 2. The van der Waals surface area contributed by atoms with Crippen molar-refractivity contribution in [3.63, 3.8) is 0 Å². The predicted molar refractivity (Wildman–Crippen MR) is 94.6 cm³/mol. The summed E-state index contributed by atoms with van der Waals surface area (Å²) in [6.45, 7) is 3.91. The Balaban J connectivity index is 2.03. The Morgan fingerprint density at radius 1 is 1.09 bits per heavy atom. The number of carbonyl (C=O) groups excluding carboxylic acids is 1. The Kier molecular flexibility index (Phi) is 4.01. The van der Waals surface area contributed by atoms with Crippen LogP contribution in [-0.4, -0.2) is 13.0 Å². The van der Waals surface area contributed by atoms with Gasteiger partial charge in [0.05, 0.1) is 16.3 Å². The van der Waals surface area contributed by atoms with Crippen LogP contribution >= 0.6 is 11.6 Å². The van der Waals surface area contributed by atoms with E-state index in [2.05, 4.69) is 10.6 Å². The zero-order valence-corrected chi connectivity index (χ0v) is 13.9. The fourth-order valence-electron chi connectivity index (χ4n) is 2.61. The van der Waals surface area contributed by atoms with Crippen molar-refractivity contribution in [2.75, 3.05) is 17.7 Å². The summed E-state index contributed by atoms with van der Waals surface area (Å²) in [6, 6.07) is 11.0. The third-order valence-corrected chi connectivity index (χ3v) is 4.28. The van der Waals surface area contributed by atoms with Gasteiger partial charge in [-0.15, -0.1) is 0 Å². The molecule has 0 unspecified atom stereocenters. The highest BCUT2D eigenvalue weighted by molar-refractivity contribution is 6.35. The molecule has 2 aromatic carbocycles. The summed E-state index contributed by atoms with van der Waals surface area (Å²) in [7, 11) is 1.75. The molecule has 0 aliphatic heterocycles. The number of nitrogens with one attached hydrogen (secondary N) is 2. The molecule has 0 bridgehead atoms. The van der Waals surface area contributed by atoms with E-state index in [1.807, 2.05) is 38.1 Å². The van der Waals surface area contributed by atoms with Crippen LogP contribution in [0.3, 0.4) is 0 Å². The van der Waals surface area contributed by atoms with Gasteiger partial charge in [0.2, 0.25) is 0 Å². The van der Waals surface area contributed by atoms with E-state index >= 15 is 0 Å². The SMILES string of the molecule is CNc1cccc(Cl)c1C(=O)Nc1cccc2c(C)c(C)oc12. The molecule has 23 heavy (non-hydrogen) atoms. The van der Waals surface area contributed by atoms with Crippen LogP contribution < -0.4 is 10.6 Å². The lowest BCUT2D eigenvalue weighted by molar-refractivity contribution is 0.102. The molecule has 0 atom stereocenters. The summed E-state index contributed by atoms with van der Waals surface area (Å²) < 4.78 is 5.79. The van der Waals surface area contributed by atoms with Gasteiger partial charge in [0.15, 0.2) is 5.58 Å². The lowest BCUT2D eigenvalue weighted by Gasteiger charge is -2.11. The third kappa shape index (κ3) is 2.66. The van der Waals surface area contributed by atoms with Gasteiger partial charge in [-0.1, -0.05) is 29.8 Å². The van der Waals surface area contributed by atoms with Crippen LogP contribution in [0.2, 0.25) is 5.02 Å². The molecule has 5 heteroatoms. The minimum Gasteiger partial charge on any atom is -0.459 e. The maximum Gasteiger partial charge on any atom is 0.259 e. The molecule has 0 saturated heterocycles. The first kappa shape index (κ1) is 15.4. The average molecular weight is 329 g/mol. The Labute approximate surface area is 139 Å². The molecule has 0 spiro atoms. The Morgan fingerprint density at radius 2 is 1.78 bits per heavy atom. The van der Waals surface area contributed by atoms with Crippen molar-refractivity contribution in [1.82, 2.24) is 0 Å². The van der Waals surface area contributed by atoms with Crippen molar-refractivity contribution < 1.29 is 9.21 Å². The summed E-state index contributed by atoms with van der Waals surface area (Å²) in [4.78, 5) is 12.7. The largest absolute Gasteiger partial charge is 0.459 e. The lowest BCUT2D eigenvalue weighted by Crippen LogP contribution is -2.14. The van der Waals surface area contributed by atoms with Crippen LogP contribution in [0.15, 0.2) is 40.8 Å². The minimum absolute atomic E-state index is 0.279. The predicted octanol–water partition coefficient (Wildman–Crippen LogP) is 5.00. The van der Waals surface area contributed by atoms with Crippen molar-refractivity contribution in [2.45, 2.75) is 13.8 Å². The number of amides is 1. The second-order valence-electron chi connectivity index (χ2n) is 5.33. The van der Waals surface area contributed by atoms with Crippen LogP contribution in [0.25, 0.3) is 11.0 Å². The summed E-state index contributed by atoms with van der Waals surface area (Å²) >= 11 is 6.19. The summed E-state index contributed by atoms with van der Waals surface area (Å²) in [5.74, 6) is 0.564. The molecule has 118 valence electrons. The van der Waals surface area contributed by atoms with E-state index in [0.717, 1.165) is 16.7 Å². The monoisotopic (exact) mass is 328 g/mol. The number of fused-ring (bicyclic) bond motifs is 1. The van der Waals surface area contributed by atoms with E-state index in [4.69, 9.17) is 16.0 Å². The third-order valence-electron chi connectivity index (χ3n) is 3.96. The van der Waals surface area contributed by atoms with Gasteiger partial charge in [-0.25, -0.2) is 0 Å². The number of carbonyl (C=O) groups is 1. The van der Waals surface area contributed by atoms with E-state index in [9.17, 15) is 4.79 Å². The van der Waals surface area contributed by atoms with Gasteiger partial charge in [0.1, 0.15) is 5.76 Å². The highest BCUT2D eigenvalue weighted by atomic mass is 35.5. The topological polar surface area (TPSA) is 54.3 Å². The summed E-state index contributed by atoms with van der Waals surface area (Å²) in [6.07, 6.45) is 0. The molecule has 2 N–H and O–H groups in total. The van der Waals surface area contributed by atoms with Gasteiger partial charge in [0.25, 0.3) is 5.91 Å². The Morgan fingerprint density at radius 3 is 2.52 bits per heavy atom. The highest BCUT2D eigenvalue weighted by Crippen LogP contribution is 2.32. The average Bonchev–Trinajstić information content (AvgIpc) is 2.83. The number of anilines is 2. The van der Waals surface area contributed by atoms with Crippen LogP contribution in [0.4, 0.5) is 11.4 Å². The van der Waals surface area contributed by atoms with Crippen molar-refractivity contribution in [3.8, 4) is 0 Å². The van der Waals surface area contributed by atoms with E-state index in [1.165, 1.54) is 0 Å². The zero-order valence-electron chi connectivity index (χ0n) is 13.2. The number of furan rings is 1. The van der Waals surface area contributed by atoms with E-state index in [0.29, 0.717) is 27.5 Å². The minimum atomic E-state index is -0.279. The molecule has 0 aliphatic rings. The van der Waals surface area contributed by atoms with Crippen LogP contribution in [0.1, 0.15) is 21.7 Å². The first-order valence-corrected chi connectivity index (χ1v) is 7.67. The molecule has 1 aromatic heterocycles. The van der Waals surface area contributed by atoms with E-state index < -0.39 is 0 Å². The van der Waals surface area contributed by atoms with Gasteiger partial charge < -0.3 is 15.1 Å². The maximum atomic E-state index is 12.7. The lowest BCUT2D eigenvalue weighted by atomic mass is 10.1. The summed E-state index contributed by atoms with van der Waals surface area (Å²) in [5.41, 5.74) is 3.46. The fraction of sp³-hybridized carbons (Fsp3) is 0.167. The molecular weight excluding hydrogens is 312 g/mol.